The molecule has 0 spiro atoms. The lowest BCUT2D eigenvalue weighted by Crippen LogP contribution is -2.46. The highest BCUT2D eigenvalue weighted by Gasteiger charge is 2.33. The van der Waals surface area contributed by atoms with Gasteiger partial charge in [-0.05, 0) is 117 Å². The molecule has 6 N–H and O–H groups in total. The second kappa shape index (κ2) is 18.3. The number of phenolic OH excluding ortho intramolecular Hbond substituents is 1. The molecule has 10 nitrogen and oxygen atoms in total. The SMILES string of the molecule is CC1(OC(=O)Nc2ccccc2-c2ccccc2)CCN(CCCc2ccc(Nc3ccc(CCNC[C@H](O)c4ccc(O)c5[nH]c(=O)ccc45)cc3)cc2)CC1. The summed E-state index contributed by atoms with van der Waals surface area (Å²) >= 11 is 0. The Morgan fingerprint density at radius 3 is 2.21 bits per heavy atom. The number of aromatic hydroxyl groups is 1. The Bertz CT molecular complexity index is 2300. The first-order valence-corrected chi connectivity index (χ1v) is 19.8. The van der Waals surface area contributed by atoms with Gasteiger partial charge in [-0.25, -0.2) is 4.79 Å². The number of hydrogen-bond donors (Lipinski definition) is 6. The minimum Gasteiger partial charge on any atom is -0.506 e. The summed E-state index contributed by atoms with van der Waals surface area (Å²) in [5, 5.41) is 31.3. The number of carbonyl (C=O) groups is 1. The summed E-state index contributed by atoms with van der Waals surface area (Å²) in [6, 6.07) is 41.0. The van der Waals surface area contributed by atoms with E-state index in [4.69, 9.17) is 4.74 Å². The van der Waals surface area contributed by atoms with E-state index < -0.39 is 17.8 Å². The zero-order valence-electron chi connectivity index (χ0n) is 32.3. The highest BCUT2D eigenvalue weighted by molar-refractivity contribution is 5.91. The normalized spacial score (nSPS) is 14.6. The number of nitrogens with one attached hydrogen (secondary N) is 4. The smallest absolute Gasteiger partial charge is 0.412 e. The molecule has 1 aromatic heterocycles. The number of anilines is 3. The molecule has 0 radical (unpaired) electrons. The Labute approximate surface area is 333 Å². The van der Waals surface area contributed by atoms with Gasteiger partial charge >= 0.3 is 6.09 Å². The third kappa shape index (κ3) is 10.5. The monoisotopic (exact) mass is 765 g/mol. The van der Waals surface area contributed by atoms with Crippen LogP contribution < -0.4 is 21.5 Å². The molecule has 1 aliphatic rings. The average Bonchev–Trinajstić information content (AvgIpc) is 3.22. The van der Waals surface area contributed by atoms with Crippen molar-refractivity contribution in [2.45, 2.75) is 50.7 Å². The van der Waals surface area contributed by atoms with Crippen LogP contribution in [0.5, 0.6) is 5.75 Å². The maximum atomic E-state index is 13.0. The number of aliphatic hydroxyl groups excluding tert-OH is 1. The van der Waals surface area contributed by atoms with Gasteiger partial charge in [0.1, 0.15) is 11.4 Å². The quantitative estimate of drug-likeness (QED) is 0.0572. The number of piperidine rings is 1. The summed E-state index contributed by atoms with van der Waals surface area (Å²) in [4.78, 5) is 29.8. The minimum atomic E-state index is -0.789. The molecule has 1 atom stereocenters. The van der Waals surface area contributed by atoms with Gasteiger partial charge in [0, 0.05) is 48.0 Å². The van der Waals surface area contributed by atoms with Crippen molar-refractivity contribution >= 4 is 34.1 Å². The molecule has 7 rings (SSSR count). The number of carbonyl (C=O) groups excluding carboxylic acids is 1. The number of pyridine rings is 1. The van der Waals surface area contributed by atoms with Crippen molar-refractivity contribution in [3.63, 3.8) is 0 Å². The standard InChI is InChI=1S/C47H51N5O5/c1-47(57-46(56)50-41-12-6-5-11-38(41)35-9-3-2-4-10-35)26-30-52(31-27-47)29-7-8-33-13-17-36(18-14-33)49-37-19-15-34(16-20-37)25-28-48-32-43(54)39-21-23-42(53)45-40(39)22-24-44(55)51-45/h2-6,9-24,43,48-49,53-54H,7-8,25-32H2,1H3,(H,50,56)(H,51,55)/t43-/m0/s1. The lowest BCUT2D eigenvalue weighted by molar-refractivity contribution is -0.0162. The topological polar surface area (TPSA) is 139 Å². The van der Waals surface area contributed by atoms with Crippen molar-refractivity contribution in [1.82, 2.24) is 15.2 Å². The van der Waals surface area contributed by atoms with Gasteiger partial charge in [0.15, 0.2) is 0 Å². The largest absolute Gasteiger partial charge is 0.506 e. The van der Waals surface area contributed by atoms with E-state index in [9.17, 15) is 19.8 Å². The Kier molecular flexibility index (Phi) is 12.6. The Morgan fingerprint density at radius 2 is 1.49 bits per heavy atom. The second-order valence-corrected chi connectivity index (χ2v) is 15.1. The maximum absolute atomic E-state index is 13.0. The molecule has 10 heteroatoms. The van der Waals surface area contributed by atoms with Crippen molar-refractivity contribution in [2.24, 2.45) is 0 Å². The number of fused-ring (bicyclic) bond motifs is 1. The van der Waals surface area contributed by atoms with Gasteiger partial charge < -0.3 is 35.5 Å². The van der Waals surface area contributed by atoms with Gasteiger partial charge in [0.05, 0.1) is 17.3 Å². The molecule has 57 heavy (non-hydrogen) atoms. The van der Waals surface area contributed by atoms with E-state index in [-0.39, 0.29) is 11.3 Å². The fourth-order valence-corrected chi connectivity index (χ4v) is 7.49. The molecular formula is C47H51N5O5. The fraction of sp³-hybridized carbons (Fsp3) is 0.277. The zero-order chi connectivity index (χ0) is 39.6. The number of rotatable bonds is 15. The number of likely N-dealkylation sites (tertiary alicyclic amines) is 1. The molecule has 6 aromatic rings. The van der Waals surface area contributed by atoms with Crippen LogP contribution in [0.3, 0.4) is 0 Å². The molecule has 1 saturated heterocycles. The van der Waals surface area contributed by atoms with Gasteiger partial charge in [-0.1, -0.05) is 78.9 Å². The summed E-state index contributed by atoms with van der Waals surface area (Å²) in [6.07, 6.45) is 3.27. The maximum Gasteiger partial charge on any atom is 0.412 e. The molecule has 0 bridgehead atoms. The lowest BCUT2D eigenvalue weighted by atomic mass is 9.93. The third-order valence-electron chi connectivity index (χ3n) is 10.8. The van der Waals surface area contributed by atoms with Crippen LogP contribution in [0.2, 0.25) is 0 Å². The first kappa shape index (κ1) is 39.3. The summed E-state index contributed by atoms with van der Waals surface area (Å²) in [5.41, 5.74) is 7.48. The van der Waals surface area contributed by atoms with Crippen LogP contribution in [0.25, 0.3) is 22.0 Å². The van der Waals surface area contributed by atoms with Crippen LogP contribution in [-0.4, -0.2) is 64.5 Å². The molecule has 1 amide bonds. The second-order valence-electron chi connectivity index (χ2n) is 15.1. The number of amides is 1. The Hall–Kier alpha value is -5.94. The van der Waals surface area contributed by atoms with E-state index in [0.717, 1.165) is 79.9 Å². The number of H-pyrrole nitrogens is 1. The van der Waals surface area contributed by atoms with Crippen LogP contribution in [-0.2, 0) is 17.6 Å². The van der Waals surface area contributed by atoms with Crippen LogP contribution in [0.4, 0.5) is 21.9 Å². The summed E-state index contributed by atoms with van der Waals surface area (Å²) in [6.45, 7) is 5.88. The molecular weight excluding hydrogens is 715 g/mol. The van der Waals surface area contributed by atoms with Crippen LogP contribution in [0, 0.1) is 0 Å². The van der Waals surface area contributed by atoms with E-state index >= 15 is 0 Å². The summed E-state index contributed by atoms with van der Waals surface area (Å²) < 4.78 is 6.00. The molecule has 5 aromatic carbocycles. The van der Waals surface area contributed by atoms with E-state index in [1.807, 2.05) is 61.5 Å². The Morgan fingerprint density at radius 1 is 0.825 bits per heavy atom. The van der Waals surface area contributed by atoms with Crippen molar-refractivity contribution < 1.29 is 19.7 Å². The number of aromatic amines is 1. The average molecular weight is 766 g/mol. The highest BCUT2D eigenvalue weighted by Crippen LogP contribution is 2.31. The predicted molar refractivity (Wildman–Crippen MR) is 228 cm³/mol. The number of nitrogens with zero attached hydrogens (tertiary/aromatic N) is 1. The molecule has 2 heterocycles. The summed E-state index contributed by atoms with van der Waals surface area (Å²) in [5.74, 6) is -0.0228. The number of benzene rings is 5. The number of aromatic nitrogens is 1. The van der Waals surface area contributed by atoms with Gasteiger partial charge in [-0.3, -0.25) is 10.1 Å². The first-order valence-electron chi connectivity index (χ1n) is 19.8. The van der Waals surface area contributed by atoms with Crippen molar-refractivity contribution in [2.75, 3.05) is 43.4 Å². The molecule has 0 unspecified atom stereocenters. The van der Waals surface area contributed by atoms with Gasteiger partial charge in [-0.15, -0.1) is 0 Å². The van der Waals surface area contributed by atoms with Gasteiger partial charge in [-0.2, -0.15) is 0 Å². The summed E-state index contributed by atoms with van der Waals surface area (Å²) in [7, 11) is 0. The van der Waals surface area contributed by atoms with Crippen LogP contribution in [0.1, 0.15) is 49.0 Å². The molecule has 1 aliphatic heterocycles. The lowest BCUT2D eigenvalue weighted by Gasteiger charge is -2.38. The fourth-order valence-electron chi connectivity index (χ4n) is 7.49. The number of aryl methyl sites for hydroxylation is 1. The van der Waals surface area contributed by atoms with Crippen LogP contribution >= 0.6 is 0 Å². The molecule has 1 fully saturated rings. The Balaban J connectivity index is 0.789. The predicted octanol–water partition coefficient (Wildman–Crippen LogP) is 8.55. The molecule has 294 valence electrons. The first-order chi connectivity index (χ1) is 27.7. The van der Waals surface area contributed by atoms with E-state index in [1.165, 1.54) is 23.3 Å². The molecule has 0 aliphatic carbocycles. The number of ether oxygens (including phenoxy) is 1. The number of aliphatic hydroxyl groups is 1. The number of para-hydroxylation sites is 1. The highest BCUT2D eigenvalue weighted by atomic mass is 16.6. The number of hydrogen-bond acceptors (Lipinski definition) is 8. The van der Waals surface area contributed by atoms with Crippen LogP contribution in [0.15, 0.2) is 132 Å². The van der Waals surface area contributed by atoms with Crippen molar-refractivity contribution in [3.05, 3.63) is 154 Å². The zero-order valence-corrected chi connectivity index (χ0v) is 32.3. The van der Waals surface area contributed by atoms with E-state index in [0.29, 0.717) is 29.6 Å². The van der Waals surface area contributed by atoms with Gasteiger partial charge in [0.2, 0.25) is 5.56 Å². The van der Waals surface area contributed by atoms with E-state index in [1.54, 1.807) is 12.1 Å². The molecule has 0 saturated carbocycles. The van der Waals surface area contributed by atoms with Crippen molar-refractivity contribution in [1.29, 1.82) is 0 Å². The third-order valence-corrected chi connectivity index (χ3v) is 10.8. The minimum absolute atomic E-state index is 0.0228. The number of phenols is 1. The van der Waals surface area contributed by atoms with Gasteiger partial charge in [0.25, 0.3) is 0 Å². The van der Waals surface area contributed by atoms with Crippen molar-refractivity contribution in [3.8, 4) is 16.9 Å². The van der Waals surface area contributed by atoms with E-state index in [2.05, 4.69) is 74.4 Å².